The molecule has 3 rings (SSSR count). The summed E-state index contributed by atoms with van der Waals surface area (Å²) in [6.07, 6.45) is 10.9. The van der Waals surface area contributed by atoms with E-state index < -0.39 is 0 Å². The lowest BCUT2D eigenvalue weighted by Gasteiger charge is -2.31. The highest BCUT2D eigenvalue weighted by molar-refractivity contribution is 7.99. The zero-order valence-electron chi connectivity index (χ0n) is 12.6. The Kier molecular flexibility index (Phi) is 5.36. The van der Waals surface area contributed by atoms with E-state index in [1.807, 2.05) is 0 Å². The number of aromatic nitrogens is 2. The average Bonchev–Trinajstić information content (AvgIpc) is 2.50. The fourth-order valence-electron chi connectivity index (χ4n) is 3.23. The minimum absolute atomic E-state index is 0.369. The Bertz CT molecular complexity index is 442. The van der Waals surface area contributed by atoms with Gasteiger partial charge in [-0.15, -0.1) is 0 Å². The highest BCUT2D eigenvalue weighted by Gasteiger charge is 2.28. The normalized spacial score (nSPS) is 26.3. The van der Waals surface area contributed by atoms with Gasteiger partial charge in [-0.1, -0.05) is 19.3 Å². The van der Waals surface area contributed by atoms with E-state index in [0.717, 1.165) is 41.9 Å². The molecule has 21 heavy (non-hydrogen) atoms. The number of nitrogens with zero attached hydrogens (tertiary/aromatic N) is 2. The number of hydrogen-bond donors (Lipinski definition) is 2. The molecular formula is C16H26N4S. The van der Waals surface area contributed by atoms with Crippen LogP contribution in [-0.4, -0.2) is 33.6 Å². The van der Waals surface area contributed by atoms with Crippen molar-refractivity contribution in [1.82, 2.24) is 9.97 Å². The van der Waals surface area contributed by atoms with E-state index in [0.29, 0.717) is 12.0 Å². The topological polar surface area (TPSA) is 63.8 Å². The Balaban J connectivity index is 1.39. The van der Waals surface area contributed by atoms with Crippen LogP contribution in [-0.2, 0) is 0 Å². The highest BCUT2D eigenvalue weighted by atomic mass is 32.2. The lowest BCUT2D eigenvalue weighted by Crippen LogP contribution is -2.35. The van der Waals surface area contributed by atoms with E-state index >= 15 is 0 Å². The molecule has 0 bridgehead atoms. The first-order valence-corrected chi connectivity index (χ1v) is 9.29. The molecule has 1 heterocycles. The molecule has 0 aliphatic heterocycles. The van der Waals surface area contributed by atoms with E-state index in [4.69, 9.17) is 5.73 Å². The second-order valence-electron chi connectivity index (χ2n) is 6.31. The van der Waals surface area contributed by atoms with Gasteiger partial charge in [0.05, 0.1) is 0 Å². The SMILES string of the molecule is NC1CC(c2cc(NCCSC3CCCCC3)ncn2)C1. The van der Waals surface area contributed by atoms with Crippen LogP contribution in [0.1, 0.15) is 56.6 Å². The van der Waals surface area contributed by atoms with Crippen LogP contribution in [0.25, 0.3) is 0 Å². The van der Waals surface area contributed by atoms with Crippen LogP contribution in [0, 0.1) is 0 Å². The van der Waals surface area contributed by atoms with Crippen molar-refractivity contribution >= 4 is 17.6 Å². The minimum atomic E-state index is 0.369. The number of anilines is 1. The van der Waals surface area contributed by atoms with E-state index in [9.17, 15) is 0 Å². The summed E-state index contributed by atoms with van der Waals surface area (Å²) in [7, 11) is 0. The molecule has 2 aliphatic rings. The van der Waals surface area contributed by atoms with Crippen molar-refractivity contribution in [1.29, 1.82) is 0 Å². The van der Waals surface area contributed by atoms with Gasteiger partial charge in [0.1, 0.15) is 12.1 Å². The molecule has 0 spiro atoms. The molecular weight excluding hydrogens is 280 g/mol. The zero-order chi connectivity index (χ0) is 14.5. The van der Waals surface area contributed by atoms with Crippen molar-refractivity contribution in [2.45, 2.75) is 62.2 Å². The van der Waals surface area contributed by atoms with Gasteiger partial charge in [-0.25, -0.2) is 9.97 Å². The first-order valence-electron chi connectivity index (χ1n) is 8.24. The Morgan fingerprint density at radius 3 is 2.76 bits per heavy atom. The summed E-state index contributed by atoms with van der Waals surface area (Å²) < 4.78 is 0. The third-order valence-corrected chi connectivity index (χ3v) is 5.98. The largest absolute Gasteiger partial charge is 0.369 e. The maximum atomic E-state index is 5.85. The summed E-state index contributed by atoms with van der Waals surface area (Å²) in [4.78, 5) is 8.71. The van der Waals surface area contributed by atoms with Crippen molar-refractivity contribution in [3.8, 4) is 0 Å². The van der Waals surface area contributed by atoms with E-state index in [1.54, 1.807) is 6.33 Å². The van der Waals surface area contributed by atoms with Crippen LogP contribution in [0.5, 0.6) is 0 Å². The van der Waals surface area contributed by atoms with Gasteiger partial charge in [0.2, 0.25) is 0 Å². The molecule has 0 unspecified atom stereocenters. The monoisotopic (exact) mass is 306 g/mol. The summed E-state index contributed by atoms with van der Waals surface area (Å²) in [5.41, 5.74) is 7.00. The standard InChI is InChI=1S/C16H26N4S/c17-13-8-12(9-13)15-10-16(20-11-19-15)18-6-7-21-14-4-2-1-3-5-14/h10-14H,1-9,17H2,(H,18,19,20). The molecule has 4 nitrogen and oxygen atoms in total. The molecule has 1 aromatic heterocycles. The van der Waals surface area contributed by atoms with Gasteiger partial charge >= 0.3 is 0 Å². The predicted molar refractivity (Wildman–Crippen MR) is 89.8 cm³/mol. The van der Waals surface area contributed by atoms with Crippen LogP contribution in [0.3, 0.4) is 0 Å². The Morgan fingerprint density at radius 2 is 2.00 bits per heavy atom. The molecule has 116 valence electrons. The molecule has 0 amide bonds. The van der Waals surface area contributed by atoms with Crippen LogP contribution >= 0.6 is 11.8 Å². The average molecular weight is 306 g/mol. The molecule has 2 fully saturated rings. The molecule has 1 aromatic rings. The molecule has 0 aromatic carbocycles. The van der Waals surface area contributed by atoms with E-state index in [2.05, 4.69) is 33.1 Å². The van der Waals surface area contributed by atoms with E-state index in [-0.39, 0.29) is 0 Å². The van der Waals surface area contributed by atoms with Crippen LogP contribution in [0.4, 0.5) is 5.82 Å². The van der Waals surface area contributed by atoms with Crippen molar-refractivity contribution < 1.29 is 0 Å². The van der Waals surface area contributed by atoms with Gasteiger partial charge in [-0.05, 0) is 25.7 Å². The number of nitrogens with two attached hydrogens (primary N) is 1. The smallest absolute Gasteiger partial charge is 0.129 e. The Morgan fingerprint density at radius 1 is 1.19 bits per heavy atom. The van der Waals surface area contributed by atoms with Crippen molar-refractivity contribution in [3.05, 3.63) is 18.1 Å². The maximum absolute atomic E-state index is 5.85. The second kappa shape index (κ2) is 7.45. The van der Waals surface area contributed by atoms with Gasteiger partial charge in [0.25, 0.3) is 0 Å². The van der Waals surface area contributed by atoms with Crippen LogP contribution < -0.4 is 11.1 Å². The van der Waals surface area contributed by atoms with Crippen molar-refractivity contribution in [3.63, 3.8) is 0 Å². The molecule has 2 aliphatic carbocycles. The molecule has 0 atom stereocenters. The number of nitrogens with one attached hydrogen (secondary N) is 1. The van der Waals surface area contributed by atoms with Crippen molar-refractivity contribution in [2.75, 3.05) is 17.6 Å². The summed E-state index contributed by atoms with van der Waals surface area (Å²) in [6, 6.07) is 2.47. The fourth-order valence-corrected chi connectivity index (χ4v) is 4.45. The van der Waals surface area contributed by atoms with Gasteiger partial charge in [-0.2, -0.15) is 11.8 Å². The number of hydrogen-bond acceptors (Lipinski definition) is 5. The lowest BCUT2D eigenvalue weighted by molar-refractivity contribution is 0.345. The second-order valence-corrected chi connectivity index (χ2v) is 7.72. The minimum Gasteiger partial charge on any atom is -0.369 e. The van der Waals surface area contributed by atoms with Crippen LogP contribution in [0.15, 0.2) is 12.4 Å². The lowest BCUT2D eigenvalue weighted by atomic mass is 9.79. The zero-order valence-corrected chi connectivity index (χ0v) is 13.4. The van der Waals surface area contributed by atoms with Gasteiger partial charge in [-0.3, -0.25) is 0 Å². The number of rotatable bonds is 6. The molecule has 5 heteroatoms. The molecule has 2 saturated carbocycles. The van der Waals surface area contributed by atoms with Gasteiger partial charge in [0.15, 0.2) is 0 Å². The Labute approximate surface area is 131 Å². The summed E-state index contributed by atoms with van der Waals surface area (Å²) in [5, 5.41) is 4.32. The van der Waals surface area contributed by atoms with E-state index in [1.165, 1.54) is 32.1 Å². The summed E-state index contributed by atoms with van der Waals surface area (Å²) in [6.45, 7) is 0.988. The highest BCUT2D eigenvalue weighted by Crippen LogP contribution is 2.34. The third kappa shape index (κ3) is 4.33. The molecule has 3 N–H and O–H groups in total. The first kappa shape index (κ1) is 15.1. The summed E-state index contributed by atoms with van der Waals surface area (Å²) in [5.74, 6) is 2.67. The molecule has 0 saturated heterocycles. The quantitative estimate of drug-likeness (QED) is 0.790. The predicted octanol–water partition coefficient (Wildman–Crippen LogP) is 3.16. The summed E-state index contributed by atoms with van der Waals surface area (Å²) >= 11 is 2.12. The maximum Gasteiger partial charge on any atom is 0.129 e. The van der Waals surface area contributed by atoms with Gasteiger partial charge < -0.3 is 11.1 Å². The van der Waals surface area contributed by atoms with Gasteiger partial charge in [0, 0.05) is 41.3 Å². The van der Waals surface area contributed by atoms with Crippen LogP contribution in [0.2, 0.25) is 0 Å². The Hall–Kier alpha value is -0.810. The molecule has 0 radical (unpaired) electrons. The van der Waals surface area contributed by atoms with Crippen molar-refractivity contribution in [2.24, 2.45) is 5.73 Å². The third-order valence-electron chi connectivity index (χ3n) is 4.59. The first-order chi connectivity index (χ1) is 10.3. The fraction of sp³-hybridized carbons (Fsp3) is 0.750. The number of thioether (sulfide) groups is 1.